The summed E-state index contributed by atoms with van der Waals surface area (Å²) in [4.78, 5) is 0. The Morgan fingerprint density at radius 1 is 1.13 bits per heavy atom. The fraction of sp³-hybridized carbons (Fsp3) is 0.222. The summed E-state index contributed by atoms with van der Waals surface area (Å²) in [6, 6.07) is 15.2. The molecule has 3 aromatic rings. The van der Waals surface area contributed by atoms with E-state index in [1.807, 2.05) is 48.8 Å². The van der Waals surface area contributed by atoms with E-state index < -0.39 is 0 Å². The van der Waals surface area contributed by atoms with Crippen LogP contribution >= 0.6 is 23.7 Å². The van der Waals surface area contributed by atoms with Crippen LogP contribution in [0.25, 0.3) is 10.1 Å². The van der Waals surface area contributed by atoms with Gasteiger partial charge in [0.15, 0.2) is 11.6 Å². The zero-order valence-electron chi connectivity index (χ0n) is 12.8. The van der Waals surface area contributed by atoms with Crippen LogP contribution in [0.15, 0.2) is 53.9 Å². The molecule has 5 heteroatoms. The topological polar surface area (TPSA) is 21.3 Å². The molecule has 3 rings (SSSR count). The van der Waals surface area contributed by atoms with Crippen LogP contribution in [0, 0.1) is 5.82 Å². The van der Waals surface area contributed by atoms with Crippen LogP contribution in [-0.4, -0.2) is 13.6 Å². The summed E-state index contributed by atoms with van der Waals surface area (Å²) in [5.41, 5.74) is 1.06. The summed E-state index contributed by atoms with van der Waals surface area (Å²) in [6.07, 6.45) is 0.609. The average molecular weight is 352 g/mol. The van der Waals surface area contributed by atoms with Crippen LogP contribution in [0.5, 0.6) is 5.75 Å². The number of rotatable bonds is 6. The summed E-state index contributed by atoms with van der Waals surface area (Å²) in [7, 11) is 1.91. The molecular formula is C18H19ClFNOS. The molecule has 0 aliphatic rings. The normalized spacial score (nSPS) is 11.9. The van der Waals surface area contributed by atoms with Crippen LogP contribution in [0.1, 0.15) is 18.1 Å². The first kappa shape index (κ1) is 17.7. The van der Waals surface area contributed by atoms with Gasteiger partial charge in [-0.1, -0.05) is 36.4 Å². The molecule has 0 aliphatic carbocycles. The van der Waals surface area contributed by atoms with E-state index in [1.54, 1.807) is 6.07 Å². The Balaban J connectivity index is 0.00000192. The van der Waals surface area contributed by atoms with E-state index in [4.69, 9.17) is 4.74 Å². The minimum absolute atomic E-state index is 0. The molecule has 1 N–H and O–H groups in total. The zero-order valence-corrected chi connectivity index (χ0v) is 14.4. The van der Waals surface area contributed by atoms with Gasteiger partial charge in [0.05, 0.1) is 4.70 Å². The smallest absolute Gasteiger partial charge is 0.173 e. The first-order valence-electron chi connectivity index (χ1n) is 7.31. The fourth-order valence-corrected chi connectivity index (χ4v) is 3.35. The SMILES string of the molecule is CNCC[C@@H](Oc1c(F)ccc2ccsc12)c1ccccc1.Cl. The van der Waals surface area contributed by atoms with Crippen LogP contribution in [0.3, 0.4) is 0 Å². The zero-order chi connectivity index (χ0) is 15.4. The Morgan fingerprint density at radius 3 is 2.65 bits per heavy atom. The van der Waals surface area contributed by atoms with Crippen molar-refractivity contribution in [3.63, 3.8) is 0 Å². The van der Waals surface area contributed by atoms with Gasteiger partial charge in [0, 0.05) is 6.42 Å². The number of nitrogens with one attached hydrogen (secondary N) is 1. The summed E-state index contributed by atoms with van der Waals surface area (Å²) < 4.78 is 21.2. The predicted molar refractivity (Wildman–Crippen MR) is 97.4 cm³/mol. The van der Waals surface area contributed by atoms with E-state index in [0.29, 0.717) is 5.75 Å². The van der Waals surface area contributed by atoms with Gasteiger partial charge in [-0.15, -0.1) is 23.7 Å². The van der Waals surface area contributed by atoms with Crippen molar-refractivity contribution >= 4 is 33.8 Å². The molecule has 0 amide bonds. The van der Waals surface area contributed by atoms with Crippen molar-refractivity contribution in [2.24, 2.45) is 0 Å². The number of fused-ring (bicyclic) bond motifs is 1. The molecule has 0 spiro atoms. The molecule has 0 unspecified atom stereocenters. The van der Waals surface area contributed by atoms with Gasteiger partial charge in [0.1, 0.15) is 6.10 Å². The number of hydrogen-bond acceptors (Lipinski definition) is 3. The quantitative estimate of drug-likeness (QED) is 0.659. The van der Waals surface area contributed by atoms with Crippen LogP contribution < -0.4 is 10.1 Å². The molecule has 1 atom stereocenters. The maximum atomic E-state index is 14.3. The first-order valence-corrected chi connectivity index (χ1v) is 8.19. The fourth-order valence-electron chi connectivity index (χ4n) is 2.47. The van der Waals surface area contributed by atoms with Crippen molar-refractivity contribution in [1.82, 2.24) is 5.32 Å². The van der Waals surface area contributed by atoms with Gasteiger partial charge in [-0.25, -0.2) is 4.39 Å². The van der Waals surface area contributed by atoms with E-state index in [0.717, 1.165) is 28.6 Å². The van der Waals surface area contributed by atoms with Crippen LogP contribution in [0.2, 0.25) is 0 Å². The summed E-state index contributed by atoms with van der Waals surface area (Å²) >= 11 is 1.51. The monoisotopic (exact) mass is 351 g/mol. The molecular weight excluding hydrogens is 333 g/mol. The van der Waals surface area contributed by atoms with Crippen molar-refractivity contribution in [2.45, 2.75) is 12.5 Å². The van der Waals surface area contributed by atoms with Gasteiger partial charge in [-0.3, -0.25) is 0 Å². The van der Waals surface area contributed by atoms with Crippen molar-refractivity contribution in [3.8, 4) is 5.75 Å². The highest BCUT2D eigenvalue weighted by molar-refractivity contribution is 7.17. The number of ether oxygens (including phenoxy) is 1. The highest BCUT2D eigenvalue weighted by Crippen LogP contribution is 2.36. The van der Waals surface area contributed by atoms with Crippen molar-refractivity contribution in [2.75, 3.05) is 13.6 Å². The summed E-state index contributed by atoms with van der Waals surface area (Å²) in [6.45, 7) is 0.807. The lowest BCUT2D eigenvalue weighted by Gasteiger charge is -2.20. The molecule has 0 saturated heterocycles. The predicted octanol–water partition coefficient (Wildman–Crippen LogP) is 5.19. The minimum Gasteiger partial charge on any atom is -0.481 e. The van der Waals surface area contributed by atoms with Gasteiger partial charge in [-0.2, -0.15) is 0 Å². The molecule has 0 aliphatic heterocycles. The Kier molecular flexibility index (Phi) is 6.39. The van der Waals surface area contributed by atoms with Gasteiger partial charge >= 0.3 is 0 Å². The molecule has 1 heterocycles. The van der Waals surface area contributed by atoms with E-state index in [1.165, 1.54) is 17.4 Å². The molecule has 122 valence electrons. The van der Waals surface area contributed by atoms with Gasteiger partial charge < -0.3 is 10.1 Å². The lowest BCUT2D eigenvalue weighted by molar-refractivity contribution is 0.189. The number of benzene rings is 2. The van der Waals surface area contributed by atoms with Crippen molar-refractivity contribution in [1.29, 1.82) is 0 Å². The van der Waals surface area contributed by atoms with E-state index in [-0.39, 0.29) is 24.3 Å². The Hall–Kier alpha value is -1.62. The number of halogens is 2. The van der Waals surface area contributed by atoms with Gasteiger partial charge in [-0.05, 0) is 42.1 Å². The highest BCUT2D eigenvalue weighted by atomic mass is 35.5. The maximum Gasteiger partial charge on any atom is 0.173 e. The third-order valence-electron chi connectivity index (χ3n) is 3.62. The minimum atomic E-state index is -0.305. The standard InChI is InChI=1S/C18H18FNOS.ClH/c1-20-11-9-16(13-5-3-2-4-6-13)21-17-15(19)8-7-14-10-12-22-18(14)17;/h2-8,10,12,16,20H,9,11H2,1H3;1H/t16-;/m1./s1. The summed E-state index contributed by atoms with van der Waals surface area (Å²) in [5, 5.41) is 6.11. The molecule has 0 saturated carbocycles. The molecule has 2 nitrogen and oxygen atoms in total. The third-order valence-corrected chi connectivity index (χ3v) is 4.55. The second-order valence-electron chi connectivity index (χ2n) is 5.12. The maximum absolute atomic E-state index is 14.3. The Labute approximate surface area is 145 Å². The largest absolute Gasteiger partial charge is 0.481 e. The molecule has 23 heavy (non-hydrogen) atoms. The number of hydrogen-bond donors (Lipinski definition) is 1. The lowest BCUT2D eigenvalue weighted by atomic mass is 10.1. The first-order chi connectivity index (χ1) is 10.8. The molecule has 0 bridgehead atoms. The van der Waals surface area contributed by atoms with Gasteiger partial charge in [0.25, 0.3) is 0 Å². The Bertz CT molecular complexity index is 747. The van der Waals surface area contributed by atoms with Crippen molar-refractivity contribution in [3.05, 3.63) is 65.3 Å². The van der Waals surface area contributed by atoms with Crippen LogP contribution in [-0.2, 0) is 0 Å². The third kappa shape index (κ3) is 4.02. The second-order valence-corrected chi connectivity index (χ2v) is 6.04. The molecule has 0 fully saturated rings. The van der Waals surface area contributed by atoms with Gasteiger partial charge in [0.2, 0.25) is 0 Å². The number of thiophene rings is 1. The Morgan fingerprint density at radius 2 is 1.91 bits per heavy atom. The van der Waals surface area contributed by atoms with Crippen LogP contribution in [0.4, 0.5) is 4.39 Å². The van der Waals surface area contributed by atoms with E-state index in [2.05, 4.69) is 5.32 Å². The average Bonchev–Trinajstić information content (AvgIpc) is 3.03. The second kappa shape index (κ2) is 8.29. The molecule has 1 aromatic heterocycles. The molecule has 0 radical (unpaired) electrons. The van der Waals surface area contributed by atoms with E-state index in [9.17, 15) is 4.39 Å². The highest BCUT2D eigenvalue weighted by Gasteiger charge is 2.18. The molecule has 2 aromatic carbocycles. The van der Waals surface area contributed by atoms with Crippen molar-refractivity contribution < 1.29 is 9.13 Å². The summed E-state index contributed by atoms with van der Waals surface area (Å²) in [5.74, 6) is 0.0535. The van der Waals surface area contributed by atoms with E-state index >= 15 is 0 Å². The lowest BCUT2D eigenvalue weighted by Crippen LogP contribution is -2.16.